The molecule has 0 unspecified atom stereocenters. The quantitative estimate of drug-likeness (QED) is 0.688. The first-order valence-electron chi connectivity index (χ1n) is 10.2. The molecule has 0 aliphatic carbocycles. The normalized spacial score (nSPS) is 15.8. The van der Waals surface area contributed by atoms with Crippen molar-refractivity contribution >= 4 is 16.8 Å². The van der Waals surface area contributed by atoms with Gasteiger partial charge < -0.3 is 14.8 Å². The molecule has 0 spiro atoms. The maximum absolute atomic E-state index is 12.8. The molecule has 2 aromatic carbocycles. The number of carbonyl (C=O) groups is 1. The summed E-state index contributed by atoms with van der Waals surface area (Å²) in [6.45, 7) is 4.56. The van der Waals surface area contributed by atoms with Crippen LogP contribution >= 0.6 is 0 Å². The van der Waals surface area contributed by atoms with Crippen molar-refractivity contribution in [3.8, 4) is 5.75 Å². The van der Waals surface area contributed by atoms with Crippen LogP contribution in [-0.4, -0.2) is 37.3 Å². The molecule has 0 bridgehead atoms. The molecule has 3 aromatic rings. The van der Waals surface area contributed by atoms with Gasteiger partial charge in [-0.05, 0) is 49.6 Å². The highest BCUT2D eigenvalue weighted by molar-refractivity contribution is 5.94. The lowest BCUT2D eigenvalue weighted by Crippen LogP contribution is -2.44. The minimum absolute atomic E-state index is 0.143. The first-order valence-corrected chi connectivity index (χ1v) is 10.2. The van der Waals surface area contributed by atoms with Crippen molar-refractivity contribution in [3.05, 3.63) is 71.9 Å². The topological polar surface area (TPSA) is 60.5 Å². The molecule has 29 heavy (non-hydrogen) atoms. The molecule has 0 radical (unpaired) electrons. The van der Waals surface area contributed by atoms with E-state index in [2.05, 4.69) is 22.4 Å². The molecule has 1 amide bonds. The minimum Gasteiger partial charge on any atom is -0.494 e. The number of hydrogen-bond acceptors (Lipinski definition) is 4. The smallest absolute Gasteiger partial charge is 0.269 e. The van der Waals surface area contributed by atoms with E-state index in [1.807, 2.05) is 49.4 Å². The number of fused-ring (bicyclic) bond motifs is 1. The molecule has 150 valence electrons. The standard InChI is InChI=1S/C24H26N2O3/c1-2-29-20-10-8-19(9-11-20)24(13-15-28-16-14-24)17-25-23(27)22-12-7-18-5-3-4-6-21(18)26-22/h3-12H,2,13-17H2,1H3,(H,25,27). The zero-order chi connectivity index (χ0) is 20.1. The summed E-state index contributed by atoms with van der Waals surface area (Å²) in [6.07, 6.45) is 1.73. The summed E-state index contributed by atoms with van der Waals surface area (Å²) in [5.74, 6) is 0.718. The largest absolute Gasteiger partial charge is 0.494 e. The molecule has 1 aliphatic heterocycles. The number of nitrogens with one attached hydrogen (secondary N) is 1. The molecule has 2 heterocycles. The van der Waals surface area contributed by atoms with Crippen molar-refractivity contribution in [1.82, 2.24) is 10.3 Å². The van der Waals surface area contributed by atoms with E-state index in [0.29, 0.717) is 32.1 Å². The third kappa shape index (κ3) is 4.25. The van der Waals surface area contributed by atoms with Crippen LogP contribution in [0.5, 0.6) is 5.75 Å². The number of hydrogen-bond donors (Lipinski definition) is 1. The number of amides is 1. The number of rotatable bonds is 6. The van der Waals surface area contributed by atoms with Crippen molar-refractivity contribution < 1.29 is 14.3 Å². The molecule has 1 saturated heterocycles. The Morgan fingerprint density at radius 2 is 1.83 bits per heavy atom. The molecule has 0 atom stereocenters. The average molecular weight is 390 g/mol. The Labute approximate surface area is 171 Å². The third-order valence-corrected chi connectivity index (χ3v) is 5.65. The Balaban J connectivity index is 1.52. The van der Waals surface area contributed by atoms with E-state index in [-0.39, 0.29) is 11.3 Å². The highest BCUT2D eigenvalue weighted by Crippen LogP contribution is 2.35. The molecule has 4 rings (SSSR count). The number of pyridine rings is 1. The van der Waals surface area contributed by atoms with E-state index in [4.69, 9.17) is 9.47 Å². The lowest BCUT2D eigenvalue weighted by Gasteiger charge is -2.38. The van der Waals surface area contributed by atoms with Crippen LogP contribution in [-0.2, 0) is 10.2 Å². The van der Waals surface area contributed by atoms with Gasteiger partial charge in [-0.2, -0.15) is 0 Å². The fraction of sp³-hybridized carbons (Fsp3) is 0.333. The van der Waals surface area contributed by atoms with Gasteiger partial charge in [0.1, 0.15) is 11.4 Å². The summed E-state index contributed by atoms with van der Waals surface area (Å²) in [4.78, 5) is 17.3. The van der Waals surface area contributed by atoms with Gasteiger partial charge in [0, 0.05) is 30.6 Å². The van der Waals surface area contributed by atoms with Crippen LogP contribution in [0.25, 0.3) is 10.9 Å². The van der Waals surface area contributed by atoms with Gasteiger partial charge in [0.25, 0.3) is 5.91 Å². The van der Waals surface area contributed by atoms with Crippen LogP contribution in [0.2, 0.25) is 0 Å². The first-order chi connectivity index (χ1) is 14.2. The Morgan fingerprint density at radius 1 is 1.07 bits per heavy atom. The predicted octanol–water partition coefficient (Wildman–Crippen LogP) is 4.11. The fourth-order valence-electron chi connectivity index (χ4n) is 3.93. The summed E-state index contributed by atoms with van der Waals surface area (Å²) in [5, 5.41) is 4.15. The lowest BCUT2D eigenvalue weighted by atomic mass is 9.74. The number of nitrogens with zero attached hydrogens (tertiary/aromatic N) is 1. The Morgan fingerprint density at radius 3 is 2.59 bits per heavy atom. The molecule has 1 N–H and O–H groups in total. The van der Waals surface area contributed by atoms with E-state index < -0.39 is 0 Å². The zero-order valence-corrected chi connectivity index (χ0v) is 16.7. The summed E-state index contributed by atoms with van der Waals surface area (Å²) in [6, 6.07) is 19.8. The van der Waals surface area contributed by atoms with Gasteiger partial charge in [0.2, 0.25) is 0 Å². The Bertz CT molecular complexity index is 979. The third-order valence-electron chi connectivity index (χ3n) is 5.65. The summed E-state index contributed by atoms with van der Waals surface area (Å²) < 4.78 is 11.2. The second-order valence-electron chi connectivity index (χ2n) is 7.42. The number of aromatic nitrogens is 1. The lowest BCUT2D eigenvalue weighted by molar-refractivity contribution is 0.0486. The highest BCUT2D eigenvalue weighted by Gasteiger charge is 2.35. The van der Waals surface area contributed by atoms with Crippen molar-refractivity contribution in [3.63, 3.8) is 0 Å². The van der Waals surface area contributed by atoms with Gasteiger partial charge in [-0.15, -0.1) is 0 Å². The molecule has 5 heteroatoms. The van der Waals surface area contributed by atoms with Gasteiger partial charge in [0.15, 0.2) is 0 Å². The molecule has 1 aromatic heterocycles. The van der Waals surface area contributed by atoms with E-state index >= 15 is 0 Å². The molecule has 5 nitrogen and oxygen atoms in total. The van der Waals surface area contributed by atoms with E-state index in [1.165, 1.54) is 5.56 Å². The van der Waals surface area contributed by atoms with E-state index in [9.17, 15) is 4.79 Å². The van der Waals surface area contributed by atoms with E-state index in [0.717, 1.165) is 29.5 Å². The van der Waals surface area contributed by atoms with Crippen molar-refractivity contribution in [2.45, 2.75) is 25.2 Å². The van der Waals surface area contributed by atoms with Gasteiger partial charge >= 0.3 is 0 Å². The SMILES string of the molecule is CCOc1ccc(C2(CNC(=O)c3ccc4ccccc4n3)CCOCC2)cc1. The maximum Gasteiger partial charge on any atom is 0.269 e. The second kappa shape index (κ2) is 8.62. The van der Waals surface area contributed by atoms with Gasteiger partial charge in [0.05, 0.1) is 12.1 Å². The van der Waals surface area contributed by atoms with Crippen molar-refractivity contribution in [2.75, 3.05) is 26.4 Å². The minimum atomic E-state index is -0.146. The summed E-state index contributed by atoms with van der Waals surface area (Å²) in [5.41, 5.74) is 2.33. The number of para-hydroxylation sites is 1. The maximum atomic E-state index is 12.8. The van der Waals surface area contributed by atoms with Crippen molar-refractivity contribution in [2.24, 2.45) is 0 Å². The van der Waals surface area contributed by atoms with E-state index in [1.54, 1.807) is 6.07 Å². The van der Waals surface area contributed by atoms with Gasteiger partial charge in [-0.25, -0.2) is 4.98 Å². The summed E-state index contributed by atoms with van der Waals surface area (Å²) >= 11 is 0. The van der Waals surface area contributed by atoms with Crippen LogP contribution in [0.3, 0.4) is 0 Å². The average Bonchev–Trinajstić information content (AvgIpc) is 2.78. The van der Waals surface area contributed by atoms with Crippen LogP contribution in [0.4, 0.5) is 0 Å². The molecule has 1 aliphatic rings. The number of ether oxygens (including phenoxy) is 2. The molecule has 1 fully saturated rings. The van der Waals surface area contributed by atoms with Crippen LogP contribution in [0, 0.1) is 0 Å². The summed E-state index contributed by atoms with van der Waals surface area (Å²) in [7, 11) is 0. The highest BCUT2D eigenvalue weighted by atomic mass is 16.5. The number of carbonyl (C=O) groups excluding carboxylic acids is 1. The van der Waals surface area contributed by atoms with Crippen LogP contribution in [0.1, 0.15) is 35.8 Å². The van der Waals surface area contributed by atoms with Crippen LogP contribution in [0.15, 0.2) is 60.7 Å². The predicted molar refractivity (Wildman–Crippen MR) is 113 cm³/mol. The fourth-order valence-corrected chi connectivity index (χ4v) is 3.93. The molecule has 0 saturated carbocycles. The number of benzene rings is 2. The first kappa shape index (κ1) is 19.4. The van der Waals surface area contributed by atoms with Crippen LogP contribution < -0.4 is 10.1 Å². The Kier molecular flexibility index (Phi) is 5.76. The van der Waals surface area contributed by atoms with Gasteiger partial charge in [-0.3, -0.25) is 4.79 Å². The zero-order valence-electron chi connectivity index (χ0n) is 16.7. The second-order valence-corrected chi connectivity index (χ2v) is 7.42. The van der Waals surface area contributed by atoms with Crippen molar-refractivity contribution in [1.29, 1.82) is 0 Å². The monoisotopic (exact) mass is 390 g/mol. The molecular formula is C24H26N2O3. The Hall–Kier alpha value is -2.92. The molecular weight excluding hydrogens is 364 g/mol. The van der Waals surface area contributed by atoms with Gasteiger partial charge in [-0.1, -0.05) is 36.4 Å².